The summed E-state index contributed by atoms with van der Waals surface area (Å²) in [5.41, 5.74) is 0. The smallest absolute Gasteiger partial charge is 0.227 e. The van der Waals surface area contributed by atoms with Crippen LogP contribution in [0, 0.1) is 5.82 Å². The molecule has 7 heteroatoms. The molecule has 0 radical (unpaired) electrons. The molecule has 1 heterocycles. The van der Waals surface area contributed by atoms with Crippen LogP contribution in [0.25, 0.3) is 0 Å². The van der Waals surface area contributed by atoms with E-state index in [9.17, 15) is 12.8 Å². The van der Waals surface area contributed by atoms with Crippen molar-refractivity contribution in [2.45, 2.75) is 16.6 Å². The lowest BCUT2D eigenvalue weighted by Gasteiger charge is -2.06. The molecular formula is C12H13FN2O2S2. The van der Waals surface area contributed by atoms with E-state index in [2.05, 4.69) is 4.98 Å². The highest BCUT2D eigenvalue weighted by Gasteiger charge is 2.13. The van der Waals surface area contributed by atoms with E-state index in [4.69, 9.17) is 0 Å². The maximum Gasteiger partial charge on any atom is 0.227 e. The minimum Gasteiger partial charge on any atom is -0.321 e. The second-order valence-corrected chi connectivity index (χ2v) is 7.06. The van der Waals surface area contributed by atoms with E-state index in [1.54, 1.807) is 22.9 Å². The van der Waals surface area contributed by atoms with Crippen LogP contribution in [0.2, 0.25) is 0 Å². The summed E-state index contributed by atoms with van der Waals surface area (Å²) >= 11 is 1.54. The largest absolute Gasteiger partial charge is 0.321 e. The van der Waals surface area contributed by atoms with Gasteiger partial charge in [0.2, 0.25) is 15.0 Å². The summed E-state index contributed by atoms with van der Waals surface area (Å²) in [6.45, 7) is 0.532. The van der Waals surface area contributed by atoms with Gasteiger partial charge in [0.1, 0.15) is 5.82 Å². The van der Waals surface area contributed by atoms with Gasteiger partial charge >= 0.3 is 0 Å². The van der Waals surface area contributed by atoms with E-state index in [0.29, 0.717) is 12.3 Å². The van der Waals surface area contributed by atoms with Crippen molar-refractivity contribution in [3.63, 3.8) is 0 Å². The molecule has 0 spiro atoms. The number of hydrogen-bond donors (Lipinski definition) is 0. The molecule has 0 unspecified atom stereocenters. The van der Waals surface area contributed by atoms with Crippen molar-refractivity contribution in [2.24, 2.45) is 0 Å². The fourth-order valence-corrected chi connectivity index (χ4v) is 3.27. The molecule has 0 bridgehead atoms. The number of imidazole rings is 1. The molecule has 0 saturated carbocycles. The van der Waals surface area contributed by atoms with Gasteiger partial charge in [0.15, 0.2) is 0 Å². The summed E-state index contributed by atoms with van der Waals surface area (Å²) in [5.74, 6) is 0.420. The van der Waals surface area contributed by atoms with Gasteiger partial charge in [-0.3, -0.25) is 0 Å². The fourth-order valence-electron chi connectivity index (χ4n) is 1.59. The number of rotatable bonds is 5. The maximum atomic E-state index is 12.7. The third-order valence-corrected chi connectivity index (χ3v) is 4.42. The van der Waals surface area contributed by atoms with E-state index in [0.717, 1.165) is 11.2 Å². The van der Waals surface area contributed by atoms with Crippen LogP contribution in [-0.4, -0.2) is 30.0 Å². The van der Waals surface area contributed by atoms with Crippen LogP contribution in [0.3, 0.4) is 0 Å². The average Bonchev–Trinajstić information content (AvgIpc) is 2.80. The monoisotopic (exact) mass is 300 g/mol. The standard InChI is InChI=1S/C12H13FN2O2S2/c1-19(16,17)12-14-6-7-15(12)8-9-18-11-4-2-10(13)3-5-11/h2-7H,8-9H2,1H3. The van der Waals surface area contributed by atoms with Gasteiger partial charge in [-0.1, -0.05) is 0 Å². The van der Waals surface area contributed by atoms with Gasteiger partial charge < -0.3 is 4.57 Å². The first-order chi connectivity index (χ1) is 8.97. The van der Waals surface area contributed by atoms with Crippen LogP contribution in [0.4, 0.5) is 4.39 Å². The third-order valence-electron chi connectivity index (χ3n) is 2.42. The lowest BCUT2D eigenvalue weighted by molar-refractivity contribution is 0.575. The first-order valence-electron chi connectivity index (χ1n) is 5.56. The number of sulfone groups is 1. The zero-order valence-electron chi connectivity index (χ0n) is 10.3. The van der Waals surface area contributed by atoms with Crippen LogP contribution in [0.1, 0.15) is 0 Å². The highest BCUT2D eigenvalue weighted by Crippen LogP contribution is 2.19. The lowest BCUT2D eigenvalue weighted by Crippen LogP contribution is -2.10. The normalized spacial score (nSPS) is 11.7. The first kappa shape index (κ1) is 14.1. The Hall–Kier alpha value is -1.34. The molecule has 1 aromatic carbocycles. The Morgan fingerprint density at radius 2 is 2.00 bits per heavy atom. The Labute approximate surface area is 115 Å². The molecule has 4 nitrogen and oxygen atoms in total. The summed E-state index contributed by atoms with van der Waals surface area (Å²) in [7, 11) is -3.30. The number of benzene rings is 1. The summed E-state index contributed by atoms with van der Waals surface area (Å²) in [6, 6.07) is 6.21. The summed E-state index contributed by atoms with van der Waals surface area (Å²) in [6.07, 6.45) is 4.25. The highest BCUT2D eigenvalue weighted by molar-refractivity contribution is 7.99. The second-order valence-electron chi connectivity index (χ2n) is 3.98. The second kappa shape index (κ2) is 5.75. The van der Waals surface area contributed by atoms with Crippen LogP contribution >= 0.6 is 11.8 Å². The molecule has 19 heavy (non-hydrogen) atoms. The van der Waals surface area contributed by atoms with Crippen molar-refractivity contribution in [3.05, 3.63) is 42.5 Å². The molecule has 1 aromatic heterocycles. The van der Waals surface area contributed by atoms with Crippen molar-refractivity contribution in [2.75, 3.05) is 12.0 Å². The van der Waals surface area contributed by atoms with E-state index in [1.165, 1.54) is 30.1 Å². The Morgan fingerprint density at radius 3 is 2.63 bits per heavy atom. The van der Waals surface area contributed by atoms with Gasteiger partial charge in [-0.2, -0.15) is 0 Å². The number of thioether (sulfide) groups is 1. The number of aryl methyl sites for hydroxylation is 1. The predicted molar refractivity (Wildman–Crippen MR) is 72.5 cm³/mol. The minimum absolute atomic E-state index is 0.0761. The zero-order valence-corrected chi connectivity index (χ0v) is 11.9. The molecule has 2 aromatic rings. The van der Waals surface area contributed by atoms with E-state index >= 15 is 0 Å². The van der Waals surface area contributed by atoms with Crippen molar-refractivity contribution >= 4 is 21.6 Å². The van der Waals surface area contributed by atoms with Gasteiger partial charge in [-0.05, 0) is 24.3 Å². The van der Waals surface area contributed by atoms with Crippen molar-refractivity contribution in [3.8, 4) is 0 Å². The summed E-state index contributed by atoms with van der Waals surface area (Å²) < 4.78 is 37.2. The molecule has 0 aliphatic heterocycles. The summed E-state index contributed by atoms with van der Waals surface area (Å²) in [4.78, 5) is 4.79. The molecule has 0 N–H and O–H groups in total. The van der Waals surface area contributed by atoms with Gasteiger partial charge in [-0.15, -0.1) is 11.8 Å². The average molecular weight is 300 g/mol. The van der Waals surface area contributed by atoms with Crippen LogP contribution in [-0.2, 0) is 16.4 Å². The Kier molecular flexibility index (Phi) is 4.26. The van der Waals surface area contributed by atoms with Gasteiger partial charge in [-0.25, -0.2) is 17.8 Å². The molecule has 0 fully saturated rings. The van der Waals surface area contributed by atoms with E-state index < -0.39 is 9.84 Å². The number of aromatic nitrogens is 2. The molecule has 102 valence electrons. The quantitative estimate of drug-likeness (QED) is 0.795. The Morgan fingerprint density at radius 1 is 1.32 bits per heavy atom. The highest BCUT2D eigenvalue weighted by atomic mass is 32.2. The van der Waals surface area contributed by atoms with Crippen molar-refractivity contribution in [1.29, 1.82) is 0 Å². The molecular weight excluding hydrogens is 287 g/mol. The third kappa shape index (κ3) is 3.81. The topological polar surface area (TPSA) is 52.0 Å². The minimum atomic E-state index is -3.30. The number of halogens is 1. The van der Waals surface area contributed by atoms with Gasteiger partial charge in [0.05, 0.1) is 0 Å². The van der Waals surface area contributed by atoms with Crippen molar-refractivity contribution < 1.29 is 12.8 Å². The summed E-state index contributed by atoms with van der Waals surface area (Å²) in [5, 5.41) is 0.0761. The number of nitrogens with zero attached hydrogens (tertiary/aromatic N) is 2. The molecule has 0 aliphatic rings. The SMILES string of the molecule is CS(=O)(=O)c1nccn1CCSc1ccc(F)cc1. The molecule has 0 amide bonds. The molecule has 0 saturated heterocycles. The fraction of sp³-hybridized carbons (Fsp3) is 0.250. The van der Waals surface area contributed by atoms with E-state index in [1.807, 2.05) is 0 Å². The van der Waals surface area contributed by atoms with Crippen LogP contribution in [0.5, 0.6) is 0 Å². The zero-order chi connectivity index (χ0) is 13.9. The number of hydrogen-bond acceptors (Lipinski definition) is 4. The molecule has 0 atom stereocenters. The lowest BCUT2D eigenvalue weighted by atomic mass is 10.4. The van der Waals surface area contributed by atoms with Crippen molar-refractivity contribution in [1.82, 2.24) is 9.55 Å². The van der Waals surface area contributed by atoms with Gasteiger partial charge in [0.25, 0.3) is 0 Å². The van der Waals surface area contributed by atoms with E-state index in [-0.39, 0.29) is 11.0 Å². The van der Waals surface area contributed by atoms with Gasteiger partial charge in [0, 0.05) is 35.8 Å². The first-order valence-corrected chi connectivity index (χ1v) is 8.44. The molecule has 0 aliphatic carbocycles. The maximum absolute atomic E-state index is 12.7. The Bertz CT molecular complexity index is 651. The van der Waals surface area contributed by atoms with Crippen LogP contribution in [0.15, 0.2) is 46.7 Å². The van der Waals surface area contributed by atoms with Crippen LogP contribution < -0.4 is 0 Å². The molecule has 2 rings (SSSR count). The predicted octanol–water partition coefficient (Wildman–Crippen LogP) is 2.22. The Balaban J connectivity index is 1.97.